The average molecular weight is 228 g/mol. The lowest BCUT2D eigenvalue weighted by molar-refractivity contribution is 0.0691. The molecule has 2 heterocycles. The maximum Gasteiger partial charge on any atom is 0.357 e. The Morgan fingerprint density at radius 2 is 2.60 bits per heavy atom. The summed E-state index contributed by atoms with van der Waals surface area (Å²) >= 11 is 1.31. The van der Waals surface area contributed by atoms with Gasteiger partial charge in [-0.25, -0.2) is 9.78 Å². The van der Waals surface area contributed by atoms with E-state index in [0.29, 0.717) is 11.6 Å². The van der Waals surface area contributed by atoms with E-state index in [1.54, 1.807) is 0 Å². The number of hydrogen-bond acceptors (Lipinski definition) is 5. The number of thiazole rings is 1. The zero-order chi connectivity index (χ0) is 10.7. The number of nitrogens with one attached hydrogen (secondary N) is 1. The van der Waals surface area contributed by atoms with Crippen molar-refractivity contribution in [2.75, 3.05) is 18.5 Å². The van der Waals surface area contributed by atoms with Crippen LogP contribution in [0.1, 0.15) is 23.3 Å². The average Bonchev–Trinajstić information content (AvgIpc) is 2.67. The molecule has 2 N–H and O–H groups in total. The molecule has 15 heavy (non-hydrogen) atoms. The van der Waals surface area contributed by atoms with Crippen molar-refractivity contribution in [1.82, 2.24) is 4.98 Å². The fraction of sp³-hybridized carbons (Fsp3) is 0.556. The second-order valence-corrected chi connectivity index (χ2v) is 4.25. The summed E-state index contributed by atoms with van der Waals surface area (Å²) in [4.78, 5) is 14.6. The number of carboxylic acid groups (broad SMARTS) is 1. The van der Waals surface area contributed by atoms with Gasteiger partial charge < -0.3 is 15.2 Å². The highest BCUT2D eigenvalue weighted by molar-refractivity contribution is 7.14. The van der Waals surface area contributed by atoms with Crippen LogP contribution in [0.3, 0.4) is 0 Å². The number of nitrogens with zero attached hydrogens (tertiary/aromatic N) is 1. The first-order valence-corrected chi connectivity index (χ1v) is 5.66. The van der Waals surface area contributed by atoms with Gasteiger partial charge in [0.15, 0.2) is 5.69 Å². The third kappa shape index (κ3) is 2.45. The minimum absolute atomic E-state index is 0.102. The Hall–Kier alpha value is -1.14. The Bertz CT molecular complexity index is 347. The molecule has 1 aromatic rings. The molecule has 0 amide bonds. The second-order valence-electron chi connectivity index (χ2n) is 3.39. The number of carboxylic acids is 1. The summed E-state index contributed by atoms with van der Waals surface area (Å²) in [6, 6.07) is 0.206. The Kier molecular flexibility index (Phi) is 3.17. The molecule has 2 rings (SSSR count). The quantitative estimate of drug-likeness (QED) is 0.819. The molecule has 5 nitrogen and oxygen atoms in total. The van der Waals surface area contributed by atoms with Gasteiger partial charge in [0.05, 0.1) is 18.2 Å². The Labute approximate surface area is 91.1 Å². The van der Waals surface area contributed by atoms with Gasteiger partial charge in [0, 0.05) is 6.61 Å². The molecule has 6 heteroatoms. The molecule has 1 saturated heterocycles. The van der Waals surface area contributed by atoms with E-state index < -0.39 is 5.97 Å². The van der Waals surface area contributed by atoms with Crippen LogP contribution in [0, 0.1) is 0 Å². The molecular formula is C9H12N2O3S. The lowest BCUT2D eigenvalue weighted by Crippen LogP contribution is -2.30. The van der Waals surface area contributed by atoms with E-state index in [0.717, 1.165) is 19.4 Å². The molecule has 0 radical (unpaired) electrons. The van der Waals surface area contributed by atoms with Crippen molar-refractivity contribution in [3.63, 3.8) is 0 Å². The van der Waals surface area contributed by atoms with Crippen molar-refractivity contribution >= 4 is 22.3 Å². The van der Waals surface area contributed by atoms with Crippen LogP contribution in [0.4, 0.5) is 5.00 Å². The zero-order valence-corrected chi connectivity index (χ0v) is 8.92. The van der Waals surface area contributed by atoms with Crippen LogP contribution in [0.15, 0.2) is 5.51 Å². The molecular weight excluding hydrogens is 216 g/mol. The maximum atomic E-state index is 10.8. The molecule has 1 aromatic heterocycles. The van der Waals surface area contributed by atoms with E-state index >= 15 is 0 Å². The molecule has 0 aliphatic carbocycles. The second kappa shape index (κ2) is 4.59. The fourth-order valence-corrected chi connectivity index (χ4v) is 2.29. The highest BCUT2D eigenvalue weighted by Crippen LogP contribution is 2.22. The van der Waals surface area contributed by atoms with Gasteiger partial charge in [-0.2, -0.15) is 0 Å². The Morgan fingerprint density at radius 3 is 3.27 bits per heavy atom. The van der Waals surface area contributed by atoms with Gasteiger partial charge in [0.25, 0.3) is 0 Å². The van der Waals surface area contributed by atoms with Crippen LogP contribution >= 0.6 is 11.3 Å². The molecule has 0 spiro atoms. The van der Waals surface area contributed by atoms with Crippen LogP contribution in [-0.4, -0.2) is 35.3 Å². The minimum atomic E-state index is -0.990. The first-order chi connectivity index (χ1) is 7.27. The van der Waals surface area contributed by atoms with Crippen molar-refractivity contribution in [3.8, 4) is 0 Å². The maximum absolute atomic E-state index is 10.8. The summed E-state index contributed by atoms with van der Waals surface area (Å²) in [5, 5.41) is 12.6. The van der Waals surface area contributed by atoms with Crippen LogP contribution in [-0.2, 0) is 4.74 Å². The van der Waals surface area contributed by atoms with Crippen molar-refractivity contribution in [2.45, 2.75) is 18.9 Å². The molecule has 0 saturated carbocycles. The predicted molar refractivity (Wildman–Crippen MR) is 56.5 cm³/mol. The third-order valence-electron chi connectivity index (χ3n) is 2.27. The topological polar surface area (TPSA) is 71.5 Å². The molecule has 1 fully saturated rings. The summed E-state index contributed by atoms with van der Waals surface area (Å²) in [5.74, 6) is -0.990. The summed E-state index contributed by atoms with van der Waals surface area (Å²) in [7, 11) is 0. The van der Waals surface area contributed by atoms with Gasteiger partial charge in [-0.3, -0.25) is 0 Å². The van der Waals surface area contributed by atoms with Gasteiger partial charge in [-0.1, -0.05) is 0 Å². The van der Waals surface area contributed by atoms with E-state index in [1.807, 2.05) is 0 Å². The highest BCUT2D eigenvalue weighted by Gasteiger charge is 2.19. The van der Waals surface area contributed by atoms with Crippen LogP contribution in [0.25, 0.3) is 0 Å². The van der Waals surface area contributed by atoms with Crippen molar-refractivity contribution in [1.29, 1.82) is 0 Å². The van der Waals surface area contributed by atoms with E-state index in [2.05, 4.69) is 10.3 Å². The summed E-state index contributed by atoms with van der Waals surface area (Å²) in [5.41, 5.74) is 1.64. The number of aromatic carboxylic acids is 1. The summed E-state index contributed by atoms with van der Waals surface area (Å²) in [6.45, 7) is 1.43. The SMILES string of the molecule is O=C(O)c1ncsc1NC1CCCOC1. The first kappa shape index (κ1) is 10.4. The van der Waals surface area contributed by atoms with Crippen molar-refractivity contribution in [2.24, 2.45) is 0 Å². The van der Waals surface area contributed by atoms with Crippen LogP contribution < -0.4 is 5.32 Å². The van der Waals surface area contributed by atoms with Crippen molar-refractivity contribution in [3.05, 3.63) is 11.2 Å². The van der Waals surface area contributed by atoms with Crippen molar-refractivity contribution < 1.29 is 14.6 Å². The molecule has 1 aliphatic heterocycles. The first-order valence-electron chi connectivity index (χ1n) is 4.78. The highest BCUT2D eigenvalue weighted by atomic mass is 32.1. The number of hydrogen-bond donors (Lipinski definition) is 2. The smallest absolute Gasteiger partial charge is 0.357 e. The molecule has 0 aromatic carbocycles. The Morgan fingerprint density at radius 1 is 1.73 bits per heavy atom. The van der Waals surface area contributed by atoms with Gasteiger partial charge in [0.1, 0.15) is 5.00 Å². The largest absolute Gasteiger partial charge is 0.476 e. The normalized spacial score (nSPS) is 21.2. The number of rotatable bonds is 3. The van der Waals surface area contributed by atoms with Gasteiger partial charge in [-0.05, 0) is 12.8 Å². The van der Waals surface area contributed by atoms with E-state index in [4.69, 9.17) is 9.84 Å². The predicted octanol–water partition coefficient (Wildman–Crippen LogP) is 1.43. The minimum Gasteiger partial charge on any atom is -0.476 e. The van der Waals surface area contributed by atoms with Gasteiger partial charge in [-0.15, -0.1) is 11.3 Å². The van der Waals surface area contributed by atoms with Gasteiger partial charge >= 0.3 is 5.97 Å². The third-order valence-corrected chi connectivity index (χ3v) is 3.02. The molecule has 82 valence electrons. The lowest BCUT2D eigenvalue weighted by Gasteiger charge is -2.23. The zero-order valence-electron chi connectivity index (χ0n) is 8.10. The number of aromatic nitrogens is 1. The fourth-order valence-electron chi connectivity index (χ4n) is 1.54. The summed E-state index contributed by atoms with van der Waals surface area (Å²) < 4.78 is 5.31. The number of ether oxygens (including phenoxy) is 1. The number of anilines is 1. The summed E-state index contributed by atoms with van der Waals surface area (Å²) in [6.07, 6.45) is 2.02. The Balaban J connectivity index is 2.03. The lowest BCUT2D eigenvalue weighted by atomic mass is 10.1. The number of carbonyl (C=O) groups is 1. The van der Waals surface area contributed by atoms with E-state index in [-0.39, 0.29) is 11.7 Å². The van der Waals surface area contributed by atoms with E-state index in [1.165, 1.54) is 16.8 Å². The molecule has 0 bridgehead atoms. The van der Waals surface area contributed by atoms with E-state index in [9.17, 15) is 4.79 Å². The standard InChI is InChI=1S/C9H12N2O3S/c12-9(13)7-8(15-5-10-7)11-6-2-1-3-14-4-6/h5-6,11H,1-4H2,(H,12,13). The molecule has 1 unspecified atom stereocenters. The van der Waals surface area contributed by atoms with Crippen LogP contribution in [0.5, 0.6) is 0 Å². The monoisotopic (exact) mass is 228 g/mol. The molecule has 1 atom stereocenters. The van der Waals surface area contributed by atoms with Crippen LogP contribution in [0.2, 0.25) is 0 Å². The van der Waals surface area contributed by atoms with Gasteiger partial charge in [0.2, 0.25) is 0 Å². The molecule has 1 aliphatic rings.